The molecule has 0 saturated carbocycles. The van der Waals surface area contributed by atoms with E-state index in [0.29, 0.717) is 22.4 Å². The molecule has 2 heterocycles. The maximum atomic E-state index is 12.9. The van der Waals surface area contributed by atoms with E-state index in [2.05, 4.69) is 17.9 Å². The Bertz CT molecular complexity index is 1020. The molecule has 2 aliphatic heterocycles. The highest BCUT2D eigenvalue weighted by atomic mass is 32.1. The molecule has 8 heteroatoms. The lowest BCUT2D eigenvalue weighted by molar-refractivity contribution is -0.138. The molecular formula is C21H18N2O5S. The molecule has 1 N–H and O–H groups in total. The first kappa shape index (κ1) is 19.2. The summed E-state index contributed by atoms with van der Waals surface area (Å²) in [4.78, 5) is 47.6. The molecule has 4 rings (SSSR count). The molecule has 0 radical (unpaired) electrons. The van der Waals surface area contributed by atoms with Crippen molar-refractivity contribution in [3.8, 4) is 5.75 Å². The summed E-state index contributed by atoms with van der Waals surface area (Å²) in [6.45, 7) is 0.435. The Morgan fingerprint density at radius 1 is 1.14 bits per heavy atom. The van der Waals surface area contributed by atoms with E-state index in [-0.39, 0.29) is 37.8 Å². The molecule has 0 spiro atoms. The third kappa shape index (κ3) is 3.40. The fourth-order valence-corrected chi connectivity index (χ4v) is 3.87. The second kappa shape index (κ2) is 7.36. The van der Waals surface area contributed by atoms with E-state index in [1.54, 1.807) is 42.5 Å². The first-order valence-electron chi connectivity index (χ1n) is 9.10. The number of piperidine rings is 1. The topological polar surface area (TPSA) is 92.8 Å². The third-order valence-electron chi connectivity index (χ3n) is 5.20. The van der Waals surface area contributed by atoms with Gasteiger partial charge in [0.2, 0.25) is 5.91 Å². The molecule has 7 nitrogen and oxygen atoms in total. The van der Waals surface area contributed by atoms with Gasteiger partial charge in [-0.2, -0.15) is 0 Å². The number of rotatable bonds is 5. The van der Waals surface area contributed by atoms with Crippen LogP contribution in [0.3, 0.4) is 0 Å². The number of ether oxygens (including phenoxy) is 1. The van der Waals surface area contributed by atoms with Crippen molar-refractivity contribution in [1.29, 1.82) is 0 Å². The first-order chi connectivity index (χ1) is 13.9. The molecule has 29 heavy (non-hydrogen) atoms. The van der Waals surface area contributed by atoms with Crippen LogP contribution < -0.4 is 10.1 Å². The van der Waals surface area contributed by atoms with Crippen molar-refractivity contribution in [2.45, 2.75) is 30.9 Å². The second-order valence-electron chi connectivity index (χ2n) is 7.02. The van der Waals surface area contributed by atoms with Gasteiger partial charge in [0.15, 0.2) is 4.87 Å². The number of aldehydes is 1. The molecule has 3 amide bonds. The molecule has 148 valence electrons. The number of thiol groups is 1. The van der Waals surface area contributed by atoms with Crippen LogP contribution in [0.5, 0.6) is 5.75 Å². The average molecular weight is 410 g/mol. The predicted octanol–water partition coefficient (Wildman–Crippen LogP) is 2.10. The maximum Gasteiger partial charge on any atom is 0.262 e. The van der Waals surface area contributed by atoms with Gasteiger partial charge < -0.3 is 9.64 Å². The van der Waals surface area contributed by atoms with Crippen LogP contribution in [0.25, 0.3) is 0 Å². The fraction of sp³-hybridized carbons (Fsp3) is 0.238. The van der Waals surface area contributed by atoms with Crippen molar-refractivity contribution in [2.75, 3.05) is 0 Å². The molecule has 1 saturated heterocycles. The zero-order chi connectivity index (χ0) is 20.6. The minimum atomic E-state index is -1.38. The Labute approximate surface area is 172 Å². The number of hydrogen-bond acceptors (Lipinski definition) is 6. The van der Waals surface area contributed by atoms with Crippen LogP contribution in [0.1, 0.15) is 44.7 Å². The standard InChI is InChI=1S/C21H18N2O5S/c24-11-13-4-6-14(7-5-13)12-28-17-3-1-2-15-16(17)10-23(19(15)26)21(29)9-8-18(25)22-20(21)27/h1-7,11,29H,8-10,12H2,(H,22,25,27)/t21-/m0/s1. The normalized spacial score (nSPS) is 21.0. The van der Waals surface area contributed by atoms with Crippen LogP contribution >= 0.6 is 12.6 Å². The van der Waals surface area contributed by atoms with Crippen molar-refractivity contribution in [1.82, 2.24) is 10.2 Å². The molecule has 0 aromatic heterocycles. The van der Waals surface area contributed by atoms with E-state index in [0.717, 1.165) is 11.8 Å². The number of fused-ring (bicyclic) bond motifs is 1. The summed E-state index contributed by atoms with van der Waals surface area (Å²) >= 11 is 4.48. The summed E-state index contributed by atoms with van der Waals surface area (Å²) in [7, 11) is 0. The van der Waals surface area contributed by atoms with Crippen molar-refractivity contribution in [3.05, 3.63) is 64.7 Å². The van der Waals surface area contributed by atoms with Crippen LogP contribution in [-0.2, 0) is 22.7 Å². The minimum Gasteiger partial charge on any atom is -0.489 e. The van der Waals surface area contributed by atoms with Gasteiger partial charge in [-0.25, -0.2) is 0 Å². The van der Waals surface area contributed by atoms with Gasteiger partial charge in [0.05, 0.1) is 6.54 Å². The van der Waals surface area contributed by atoms with Gasteiger partial charge in [0, 0.05) is 23.1 Å². The quantitative estimate of drug-likeness (QED) is 0.447. The lowest BCUT2D eigenvalue weighted by Gasteiger charge is -2.38. The van der Waals surface area contributed by atoms with Crippen LogP contribution in [-0.4, -0.2) is 33.8 Å². The van der Waals surface area contributed by atoms with Gasteiger partial charge in [-0.15, -0.1) is 12.6 Å². The lowest BCUT2D eigenvalue weighted by Crippen LogP contribution is -2.59. The van der Waals surface area contributed by atoms with Crippen molar-refractivity contribution >= 4 is 36.6 Å². The summed E-state index contributed by atoms with van der Waals surface area (Å²) in [5.74, 6) is -0.730. The smallest absolute Gasteiger partial charge is 0.262 e. The van der Waals surface area contributed by atoms with Gasteiger partial charge in [0.25, 0.3) is 11.8 Å². The Balaban J connectivity index is 1.55. The summed E-state index contributed by atoms with van der Waals surface area (Å²) in [5, 5.41) is 2.26. The minimum absolute atomic E-state index is 0.121. The van der Waals surface area contributed by atoms with E-state index in [1.807, 2.05) is 0 Å². The van der Waals surface area contributed by atoms with E-state index in [9.17, 15) is 19.2 Å². The number of imide groups is 1. The predicted molar refractivity (Wildman–Crippen MR) is 107 cm³/mol. The number of benzene rings is 2. The lowest BCUT2D eigenvalue weighted by atomic mass is 10.0. The number of hydrogen-bond donors (Lipinski definition) is 2. The molecule has 2 aliphatic rings. The van der Waals surface area contributed by atoms with Crippen molar-refractivity contribution < 1.29 is 23.9 Å². The Morgan fingerprint density at radius 2 is 1.90 bits per heavy atom. The summed E-state index contributed by atoms with van der Waals surface area (Å²) in [5.41, 5.74) is 2.60. The van der Waals surface area contributed by atoms with E-state index >= 15 is 0 Å². The van der Waals surface area contributed by atoms with Gasteiger partial charge >= 0.3 is 0 Å². The molecular weight excluding hydrogens is 392 g/mol. The molecule has 0 bridgehead atoms. The highest BCUT2D eigenvalue weighted by Gasteiger charge is 2.50. The van der Waals surface area contributed by atoms with Crippen LogP contribution in [0.15, 0.2) is 42.5 Å². The Morgan fingerprint density at radius 3 is 2.59 bits per heavy atom. The number of carbonyl (C=O) groups is 4. The third-order valence-corrected chi connectivity index (χ3v) is 5.87. The van der Waals surface area contributed by atoms with E-state index in [4.69, 9.17) is 4.74 Å². The summed E-state index contributed by atoms with van der Waals surface area (Å²) in [6.07, 6.45) is 1.05. The Hall–Kier alpha value is -3.13. The molecule has 0 aliphatic carbocycles. The van der Waals surface area contributed by atoms with Gasteiger partial charge in [-0.05, 0) is 24.1 Å². The number of carbonyl (C=O) groups excluding carboxylic acids is 4. The van der Waals surface area contributed by atoms with Gasteiger partial charge in [0.1, 0.15) is 18.6 Å². The van der Waals surface area contributed by atoms with Crippen LogP contribution in [0.4, 0.5) is 0 Å². The maximum absolute atomic E-state index is 12.9. The largest absolute Gasteiger partial charge is 0.489 e. The molecule has 2 aromatic carbocycles. The molecule has 0 unspecified atom stereocenters. The van der Waals surface area contributed by atoms with Crippen LogP contribution in [0, 0.1) is 0 Å². The molecule has 1 fully saturated rings. The number of nitrogens with one attached hydrogen (secondary N) is 1. The highest BCUT2D eigenvalue weighted by molar-refractivity contribution is 7.82. The molecule has 1 atom stereocenters. The zero-order valence-electron chi connectivity index (χ0n) is 15.4. The van der Waals surface area contributed by atoms with Gasteiger partial charge in [-0.3, -0.25) is 24.5 Å². The second-order valence-corrected chi connectivity index (χ2v) is 7.76. The fourth-order valence-electron chi connectivity index (χ4n) is 3.54. The highest BCUT2D eigenvalue weighted by Crippen LogP contribution is 2.39. The Kier molecular flexibility index (Phi) is 4.87. The first-order valence-corrected chi connectivity index (χ1v) is 9.54. The SMILES string of the molecule is O=Cc1ccc(COc2cccc3c2CN([C@]2(S)CCC(=O)NC2=O)C3=O)cc1. The van der Waals surface area contributed by atoms with Crippen molar-refractivity contribution in [3.63, 3.8) is 0 Å². The molecule has 2 aromatic rings. The number of nitrogens with zero attached hydrogens (tertiary/aromatic N) is 1. The summed E-state index contributed by atoms with van der Waals surface area (Å²) < 4.78 is 5.92. The monoisotopic (exact) mass is 410 g/mol. The van der Waals surface area contributed by atoms with E-state index in [1.165, 1.54) is 4.90 Å². The average Bonchev–Trinajstić information content (AvgIpc) is 3.08. The van der Waals surface area contributed by atoms with E-state index < -0.39 is 10.8 Å². The number of amides is 3. The van der Waals surface area contributed by atoms with Crippen LogP contribution in [0.2, 0.25) is 0 Å². The summed E-state index contributed by atoms with van der Waals surface area (Å²) in [6, 6.07) is 12.2. The van der Waals surface area contributed by atoms with Gasteiger partial charge in [-0.1, -0.05) is 30.3 Å². The van der Waals surface area contributed by atoms with Crippen molar-refractivity contribution in [2.24, 2.45) is 0 Å². The zero-order valence-corrected chi connectivity index (χ0v) is 16.3.